The Balaban J connectivity index is 1.35. The van der Waals surface area contributed by atoms with Gasteiger partial charge in [0.25, 0.3) is 0 Å². The smallest absolute Gasteiger partial charge is 0.317 e. The molecule has 5 nitrogen and oxygen atoms in total. The molecule has 2 atom stereocenters. The second-order valence-electron chi connectivity index (χ2n) is 8.64. The Kier molecular flexibility index (Phi) is 8.18. The standard InChI is InChI=1S/C30H27NO4S/c1-20(31-28(32)19-25-12-7-11-24-10-5-6-13-26(24)25)30(35)36-27(29(33)34)18-21-14-16-23(17-15-21)22-8-3-2-4-9-22/h2-17,20,27H,18-19H2,1H3,(H,31,32)(H,33,34)/t20-,27-/m1/s1. The third-order valence-electron chi connectivity index (χ3n) is 5.98. The summed E-state index contributed by atoms with van der Waals surface area (Å²) in [5.41, 5.74) is 3.82. The van der Waals surface area contributed by atoms with E-state index in [1.165, 1.54) is 0 Å². The number of carbonyl (C=O) groups is 3. The molecular weight excluding hydrogens is 470 g/mol. The number of nitrogens with one attached hydrogen (secondary N) is 1. The van der Waals surface area contributed by atoms with Gasteiger partial charge in [-0.3, -0.25) is 14.4 Å². The van der Waals surface area contributed by atoms with Gasteiger partial charge in [-0.15, -0.1) is 0 Å². The normalized spacial score (nSPS) is 12.6. The van der Waals surface area contributed by atoms with Crippen molar-refractivity contribution in [2.45, 2.75) is 31.1 Å². The van der Waals surface area contributed by atoms with Crippen LogP contribution in [0.2, 0.25) is 0 Å². The van der Waals surface area contributed by atoms with E-state index in [0.717, 1.165) is 44.8 Å². The maximum atomic E-state index is 12.8. The van der Waals surface area contributed by atoms with Crippen LogP contribution in [0.25, 0.3) is 21.9 Å². The minimum absolute atomic E-state index is 0.139. The highest BCUT2D eigenvalue weighted by molar-refractivity contribution is 8.14. The molecular formula is C30H27NO4S. The number of carboxylic acid groups (broad SMARTS) is 1. The monoisotopic (exact) mass is 497 g/mol. The van der Waals surface area contributed by atoms with Crippen molar-refractivity contribution < 1.29 is 19.5 Å². The Bertz CT molecular complexity index is 1360. The minimum atomic E-state index is -1.06. The van der Waals surface area contributed by atoms with E-state index in [-0.39, 0.29) is 23.9 Å². The van der Waals surface area contributed by atoms with Crippen molar-refractivity contribution in [3.8, 4) is 11.1 Å². The first kappa shape index (κ1) is 25.2. The van der Waals surface area contributed by atoms with Crippen molar-refractivity contribution >= 4 is 39.5 Å². The van der Waals surface area contributed by atoms with Crippen molar-refractivity contribution in [2.24, 2.45) is 0 Å². The molecule has 4 aromatic carbocycles. The Morgan fingerprint density at radius 3 is 2.17 bits per heavy atom. The highest BCUT2D eigenvalue weighted by Gasteiger charge is 2.26. The summed E-state index contributed by atoms with van der Waals surface area (Å²) in [7, 11) is 0. The number of amides is 1. The summed E-state index contributed by atoms with van der Waals surface area (Å²) in [6, 6.07) is 30.4. The van der Waals surface area contributed by atoms with Crippen molar-refractivity contribution in [1.82, 2.24) is 5.32 Å². The second kappa shape index (κ2) is 11.7. The maximum Gasteiger partial charge on any atom is 0.317 e. The minimum Gasteiger partial charge on any atom is -0.480 e. The number of carboxylic acids is 1. The number of rotatable bonds is 9. The Labute approximate surface area is 214 Å². The lowest BCUT2D eigenvalue weighted by atomic mass is 10.0. The van der Waals surface area contributed by atoms with Crippen LogP contribution in [0.5, 0.6) is 0 Å². The highest BCUT2D eigenvalue weighted by atomic mass is 32.2. The Hall–Kier alpha value is -3.90. The van der Waals surface area contributed by atoms with Crippen LogP contribution in [0.4, 0.5) is 0 Å². The van der Waals surface area contributed by atoms with Crippen LogP contribution in [0.3, 0.4) is 0 Å². The summed E-state index contributed by atoms with van der Waals surface area (Å²) >= 11 is 0.754. The number of fused-ring (bicyclic) bond motifs is 1. The van der Waals surface area contributed by atoms with Crippen molar-refractivity contribution in [2.75, 3.05) is 0 Å². The van der Waals surface area contributed by atoms with Crippen molar-refractivity contribution in [3.05, 3.63) is 108 Å². The molecule has 36 heavy (non-hydrogen) atoms. The average Bonchev–Trinajstić information content (AvgIpc) is 2.89. The van der Waals surface area contributed by atoms with E-state index in [1.807, 2.05) is 97.1 Å². The summed E-state index contributed by atoms with van der Waals surface area (Å²) in [5.74, 6) is -1.34. The molecule has 0 spiro atoms. The van der Waals surface area contributed by atoms with Crippen LogP contribution in [-0.2, 0) is 27.2 Å². The van der Waals surface area contributed by atoms with Gasteiger partial charge >= 0.3 is 5.97 Å². The molecule has 1 amide bonds. The molecule has 4 aromatic rings. The molecule has 4 rings (SSSR count). The Morgan fingerprint density at radius 2 is 1.44 bits per heavy atom. The molecule has 0 bridgehead atoms. The first-order valence-corrected chi connectivity index (χ1v) is 12.6. The van der Waals surface area contributed by atoms with E-state index in [1.54, 1.807) is 6.92 Å². The zero-order valence-corrected chi connectivity index (χ0v) is 20.7. The molecule has 182 valence electrons. The van der Waals surface area contributed by atoms with E-state index >= 15 is 0 Å². The quantitative estimate of drug-likeness (QED) is 0.319. The molecule has 0 aromatic heterocycles. The van der Waals surface area contributed by atoms with Gasteiger partial charge in [0.2, 0.25) is 11.0 Å². The summed E-state index contributed by atoms with van der Waals surface area (Å²) in [4.78, 5) is 37.3. The molecule has 0 saturated heterocycles. The summed E-state index contributed by atoms with van der Waals surface area (Å²) in [5, 5.41) is 13.2. The van der Waals surface area contributed by atoms with Crippen LogP contribution >= 0.6 is 11.8 Å². The van der Waals surface area contributed by atoms with Gasteiger partial charge in [0, 0.05) is 0 Å². The lowest BCUT2D eigenvalue weighted by Gasteiger charge is -2.16. The zero-order valence-electron chi connectivity index (χ0n) is 19.9. The zero-order chi connectivity index (χ0) is 25.5. The predicted molar refractivity (Wildman–Crippen MR) is 145 cm³/mol. The van der Waals surface area contributed by atoms with Gasteiger partial charge in [-0.1, -0.05) is 109 Å². The summed E-state index contributed by atoms with van der Waals surface area (Å²) in [6.45, 7) is 1.59. The molecule has 0 fully saturated rings. The number of hydrogen-bond acceptors (Lipinski definition) is 4. The second-order valence-corrected chi connectivity index (χ2v) is 9.84. The number of carbonyl (C=O) groups excluding carboxylic acids is 2. The molecule has 2 N–H and O–H groups in total. The largest absolute Gasteiger partial charge is 0.480 e. The van der Waals surface area contributed by atoms with E-state index in [0.29, 0.717) is 0 Å². The van der Waals surface area contributed by atoms with E-state index < -0.39 is 17.3 Å². The van der Waals surface area contributed by atoms with Crippen LogP contribution in [0.15, 0.2) is 97.1 Å². The fraction of sp³-hybridized carbons (Fsp3) is 0.167. The van der Waals surface area contributed by atoms with Gasteiger partial charge < -0.3 is 10.4 Å². The molecule has 0 radical (unpaired) electrons. The van der Waals surface area contributed by atoms with Gasteiger partial charge in [-0.05, 0) is 46.4 Å². The summed E-state index contributed by atoms with van der Waals surface area (Å²) in [6.07, 6.45) is 0.344. The molecule has 0 heterocycles. The highest BCUT2D eigenvalue weighted by Crippen LogP contribution is 2.24. The third kappa shape index (κ3) is 6.40. The first-order chi connectivity index (χ1) is 17.4. The fourth-order valence-corrected chi connectivity index (χ4v) is 4.99. The van der Waals surface area contributed by atoms with Gasteiger partial charge in [-0.2, -0.15) is 0 Å². The number of hydrogen-bond donors (Lipinski definition) is 2. The van der Waals surface area contributed by atoms with Gasteiger partial charge in [0.05, 0.1) is 12.5 Å². The van der Waals surface area contributed by atoms with Gasteiger partial charge in [0.1, 0.15) is 5.25 Å². The lowest BCUT2D eigenvalue weighted by Crippen LogP contribution is -2.39. The molecule has 0 saturated carbocycles. The fourth-order valence-electron chi connectivity index (χ4n) is 4.07. The molecule has 0 unspecified atom stereocenters. The summed E-state index contributed by atoms with van der Waals surface area (Å²) < 4.78 is 0. The Morgan fingerprint density at radius 1 is 0.806 bits per heavy atom. The number of benzene rings is 4. The van der Waals surface area contributed by atoms with E-state index in [4.69, 9.17) is 0 Å². The third-order valence-corrected chi connectivity index (χ3v) is 7.22. The van der Waals surface area contributed by atoms with Crippen LogP contribution < -0.4 is 5.32 Å². The number of thioether (sulfide) groups is 1. The van der Waals surface area contributed by atoms with Crippen LogP contribution in [0.1, 0.15) is 18.1 Å². The molecule has 0 aliphatic rings. The van der Waals surface area contributed by atoms with Crippen molar-refractivity contribution in [3.63, 3.8) is 0 Å². The maximum absolute atomic E-state index is 12.8. The molecule has 0 aliphatic heterocycles. The lowest BCUT2D eigenvalue weighted by molar-refractivity contribution is -0.136. The predicted octanol–water partition coefficient (Wildman–Crippen LogP) is 5.51. The van der Waals surface area contributed by atoms with Gasteiger partial charge in [0.15, 0.2) is 0 Å². The van der Waals surface area contributed by atoms with Crippen LogP contribution in [-0.4, -0.2) is 33.4 Å². The van der Waals surface area contributed by atoms with Gasteiger partial charge in [-0.25, -0.2) is 0 Å². The number of aliphatic carboxylic acids is 1. The van der Waals surface area contributed by atoms with E-state index in [9.17, 15) is 19.5 Å². The van der Waals surface area contributed by atoms with Crippen molar-refractivity contribution in [1.29, 1.82) is 0 Å². The SMILES string of the molecule is C[C@@H](NC(=O)Cc1cccc2ccccc12)C(=O)S[C@H](Cc1ccc(-c2ccccc2)cc1)C(=O)O. The van der Waals surface area contributed by atoms with Crippen LogP contribution in [0, 0.1) is 0 Å². The first-order valence-electron chi connectivity index (χ1n) is 11.7. The van der Waals surface area contributed by atoms with E-state index in [2.05, 4.69) is 5.32 Å². The topological polar surface area (TPSA) is 83.5 Å². The molecule has 6 heteroatoms. The average molecular weight is 498 g/mol. The molecule has 0 aliphatic carbocycles.